The van der Waals surface area contributed by atoms with Crippen LogP contribution < -0.4 is 0 Å². The van der Waals surface area contributed by atoms with E-state index in [2.05, 4.69) is 37.6 Å². The molecule has 0 aliphatic carbocycles. The molecule has 128 valence electrons. The molecule has 0 radical (unpaired) electrons. The second-order valence-corrected chi connectivity index (χ2v) is 8.21. The maximum atomic E-state index is 12.4. The Morgan fingerprint density at radius 1 is 1.29 bits per heavy atom. The number of rotatable bonds is 4. The predicted molar refractivity (Wildman–Crippen MR) is 102 cm³/mol. The molecule has 1 aromatic rings. The zero-order chi connectivity index (χ0) is 17.9. The van der Waals surface area contributed by atoms with Crippen molar-refractivity contribution in [1.29, 1.82) is 0 Å². The lowest BCUT2D eigenvalue weighted by atomic mass is 9.87. The number of thioether (sulfide) groups is 1. The first-order chi connectivity index (χ1) is 11.2. The SMILES string of the molecule is COC(=O)CCN1C(=O)/C(=C\c2ccc(C(C)(C)C)cc2)SC1=S. The number of methoxy groups -OCH3 is 1. The summed E-state index contributed by atoms with van der Waals surface area (Å²) >= 11 is 6.51. The molecule has 1 aliphatic rings. The molecule has 1 amide bonds. The van der Waals surface area contributed by atoms with Crippen LogP contribution in [-0.4, -0.2) is 34.8 Å². The summed E-state index contributed by atoms with van der Waals surface area (Å²) in [5.74, 6) is -0.514. The third-order valence-electron chi connectivity index (χ3n) is 3.72. The monoisotopic (exact) mass is 363 g/mol. The average Bonchev–Trinajstić information content (AvgIpc) is 2.78. The second kappa shape index (κ2) is 7.49. The molecule has 1 aliphatic heterocycles. The fraction of sp³-hybridized carbons (Fsp3) is 0.389. The van der Waals surface area contributed by atoms with E-state index in [4.69, 9.17) is 12.2 Å². The Labute approximate surface area is 152 Å². The van der Waals surface area contributed by atoms with E-state index in [0.29, 0.717) is 9.23 Å². The van der Waals surface area contributed by atoms with Crippen LogP contribution in [0, 0.1) is 0 Å². The molecule has 1 saturated heterocycles. The number of carbonyl (C=O) groups excluding carboxylic acids is 2. The Balaban J connectivity index is 2.12. The van der Waals surface area contributed by atoms with Crippen LogP contribution in [0.4, 0.5) is 0 Å². The number of amides is 1. The maximum Gasteiger partial charge on any atom is 0.307 e. The van der Waals surface area contributed by atoms with Crippen LogP contribution >= 0.6 is 24.0 Å². The summed E-state index contributed by atoms with van der Waals surface area (Å²) < 4.78 is 5.07. The smallest absolute Gasteiger partial charge is 0.307 e. The van der Waals surface area contributed by atoms with Gasteiger partial charge in [-0.1, -0.05) is 69.0 Å². The molecule has 2 rings (SSSR count). The Bertz CT molecular complexity index is 687. The van der Waals surface area contributed by atoms with Gasteiger partial charge in [0.25, 0.3) is 5.91 Å². The van der Waals surface area contributed by atoms with Gasteiger partial charge in [-0.15, -0.1) is 0 Å². The standard InChI is InChI=1S/C18H21NO3S2/c1-18(2,3)13-7-5-12(6-8-13)11-14-16(21)19(17(23)24-14)10-9-15(20)22-4/h5-8,11H,9-10H2,1-4H3/b14-11+. The normalized spacial score (nSPS) is 16.8. The zero-order valence-electron chi connectivity index (χ0n) is 14.3. The number of nitrogens with zero attached hydrogens (tertiary/aromatic N) is 1. The quantitative estimate of drug-likeness (QED) is 0.463. The maximum absolute atomic E-state index is 12.4. The van der Waals surface area contributed by atoms with Crippen molar-refractivity contribution in [3.63, 3.8) is 0 Å². The van der Waals surface area contributed by atoms with Crippen molar-refractivity contribution in [2.24, 2.45) is 0 Å². The molecule has 4 nitrogen and oxygen atoms in total. The molecule has 0 bridgehead atoms. The topological polar surface area (TPSA) is 46.6 Å². The van der Waals surface area contributed by atoms with E-state index in [0.717, 1.165) is 5.56 Å². The first kappa shape index (κ1) is 18.7. The first-order valence-electron chi connectivity index (χ1n) is 7.65. The Kier molecular flexibility index (Phi) is 5.83. The third kappa shape index (κ3) is 4.45. The van der Waals surface area contributed by atoms with Crippen LogP contribution in [0.15, 0.2) is 29.2 Å². The Morgan fingerprint density at radius 3 is 2.46 bits per heavy atom. The lowest BCUT2D eigenvalue weighted by molar-refractivity contribution is -0.140. The number of hydrogen-bond donors (Lipinski definition) is 0. The summed E-state index contributed by atoms with van der Waals surface area (Å²) in [5.41, 5.74) is 2.29. The molecule has 1 heterocycles. The van der Waals surface area contributed by atoms with Crippen LogP contribution in [-0.2, 0) is 19.7 Å². The minimum absolute atomic E-state index is 0.0931. The summed E-state index contributed by atoms with van der Waals surface area (Å²) in [6.07, 6.45) is 1.97. The van der Waals surface area contributed by atoms with Gasteiger partial charge < -0.3 is 4.74 Å². The second-order valence-electron chi connectivity index (χ2n) is 6.53. The average molecular weight is 364 g/mol. The van der Waals surface area contributed by atoms with Crippen molar-refractivity contribution in [3.8, 4) is 0 Å². The molecule has 0 unspecified atom stereocenters. The van der Waals surface area contributed by atoms with Crippen molar-refractivity contribution in [3.05, 3.63) is 40.3 Å². The molecule has 1 aromatic carbocycles. The third-order valence-corrected chi connectivity index (χ3v) is 5.09. The van der Waals surface area contributed by atoms with E-state index in [-0.39, 0.29) is 30.3 Å². The first-order valence-corrected chi connectivity index (χ1v) is 8.87. The van der Waals surface area contributed by atoms with E-state index in [1.54, 1.807) is 0 Å². The van der Waals surface area contributed by atoms with Gasteiger partial charge in [0.1, 0.15) is 4.32 Å². The van der Waals surface area contributed by atoms with Gasteiger partial charge in [0.15, 0.2) is 0 Å². The molecular formula is C18H21NO3S2. The molecule has 0 atom stereocenters. The molecule has 1 fully saturated rings. The molecule has 6 heteroatoms. The van der Waals surface area contributed by atoms with E-state index in [9.17, 15) is 9.59 Å². The fourth-order valence-corrected chi connectivity index (χ4v) is 3.54. The molecule has 0 saturated carbocycles. The van der Waals surface area contributed by atoms with Crippen molar-refractivity contribution in [2.45, 2.75) is 32.6 Å². The highest BCUT2D eigenvalue weighted by molar-refractivity contribution is 8.26. The van der Waals surface area contributed by atoms with E-state index >= 15 is 0 Å². The van der Waals surface area contributed by atoms with Gasteiger partial charge in [0.05, 0.1) is 18.4 Å². The molecule has 24 heavy (non-hydrogen) atoms. The van der Waals surface area contributed by atoms with Crippen LogP contribution in [0.3, 0.4) is 0 Å². The summed E-state index contributed by atoms with van der Waals surface area (Å²) in [6, 6.07) is 8.15. The van der Waals surface area contributed by atoms with Crippen LogP contribution in [0.2, 0.25) is 0 Å². The Hall–Kier alpha value is -1.66. The summed E-state index contributed by atoms with van der Waals surface area (Å²) in [7, 11) is 1.33. The largest absolute Gasteiger partial charge is 0.469 e. The lowest BCUT2D eigenvalue weighted by Crippen LogP contribution is -2.30. The van der Waals surface area contributed by atoms with Crippen molar-refractivity contribution in [2.75, 3.05) is 13.7 Å². The highest BCUT2D eigenvalue weighted by atomic mass is 32.2. The Morgan fingerprint density at radius 2 is 1.92 bits per heavy atom. The number of thiocarbonyl (C=S) groups is 1. The van der Waals surface area contributed by atoms with Crippen molar-refractivity contribution < 1.29 is 14.3 Å². The fourth-order valence-electron chi connectivity index (χ4n) is 2.23. The minimum atomic E-state index is -0.356. The van der Waals surface area contributed by atoms with Gasteiger partial charge in [-0.25, -0.2) is 0 Å². The number of esters is 1. The minimum Gasteiger partial charge on any atom is -0.469 e. The number of ether oxygens (including phenoxy) is 1. The van der Waals surface area contributed by atoms with Crippen LogP contribution in [0.25, 0.3) is 6.08 Å². The highest BCUT2D eigenvalue weighted by Gasteiger charge is 2.32. The summed E-state index contributed by atoms with van der Waals surface area (Å²) in [4.78, 5) is 25.7. The molecule has 0 N–H and O–H groups in total. The van der Waals surface area contributed by atoms with Gasteiger partial charge >= 0.3 is 5.97 Å². The van der Waals surface area contributed by atoms with E-state index in [1.165, 1.54) is 29.3 Å². The van der Waals surface area contributed by atoms with Gasteiger partial charge in [0, 0.05) is 6.54 Å². The number of hydrogen-bond acceptors (Lipinski definition) is 5. The van der Waals surface area contributed by atoms with Crippen molar-refractivity contribution in [1.82, 2.24) is 4.90 Å². The lowest BCUT2D eigenvalue weighted by Gasteiger charge is -2.18. The molecular weight excluding hydrogens is 342 g/mol. The van der Waals surface area contributed by atoms with E-state index in [1.807, 2.05) is 18.2 Å². The number of benzene rings is 1. The van der Waals surface area contributed by atoms with Gasteiger partial charge in [0.2, 0.25) is 0 Å². The van der Waals surface area contributed by atoms with Gasteiger partial charge in [-0.05, 0) is 22.6 Å². The number of carbonyl (C=O) groups is 2. The molecule has 0 spiro atoms. The van der Waals surface area contributed by atoms with Gasteiger partial charge in [-0.2, -0.15) is 0 Å². The van der Waals surface area contributed by atoms with Gasteiger partial charge in [-0.3, -0.25) is 14.5 Å². The zero-order valence-corrected chi connectivity index (χ0v) is 15.9. The highest BCUT2D eigenvalue weighted by Crippen LogP contribution is 2.33. The predicted octanol–water partition coefficient (Wildman–Crippen LogP) is 3.75. The molecule has 0 aromatic heterocycles. The van der Waals surface area contributed by atoms with E-state index < -0.39 is 0 Å². The van der Waals surface area contributed by atoms with Crippen molar-refractivity contribution >= 4 is 46.3 Å². The summed E-state index contributed by atoms with van der Waals surface area (Å²) in [5, 5.41) is 0. The van der Waals surface area contributed by atoms with Crippen LogP contribution in [0.1, 0.15) is 38.3 Å². The summed E-state index contributed by atoms with van der Waals surface area (Å²) in [6.45, 7) is 6.73. The van der Waals surface area contributed by atoms with Crippen LogP contribution in [0.5, 0.6) is 0 Å².